The van der Waals surface area contributed by atoms with Crippen LogP contribution >= 0.6 is 0 Å². The molecule has 0 aliphatic heterocycles. The summed E-state index contributed by atoms with van der Waals surface area (Å²) >= 11 is 0. The van der Waals surface area contributed by atoms with E-state index in [4.69, 9.17) is 0 Å². The summed E-state index contributed by atoms with van der Waals surface area (Å²) in [5, 5.41) is 0. The Kier molecular flexibility index (Phi) is 1.84. The molecule has 2 heteroatoms. The summed E-state index contributed by atoms with van der Waals surface area (Å²) < 4.78 is 0. The van der Waals surface area contributed by atoms with E-state index < -0.39 is 0 Å². The van der Waals surface area contributed by atoms with Crippen LogP contribution in [0.5, 0.6) is 0 Å². The molecule has 0 heterocycles. The maximum Gasteiger partial charge on any atom is 0.233 e. The molecular formula is C12H10O2. The number of ketones is 2. The van der Waals surface area contributed by atoms with Crippen LogP contribution in [0.2, 0.25) is 0 Å². The smallest absolute Gasteiger partial charge is 0.233 e. The highest BCUT2D eigenvalue weighted by atomic mass is 16.2. The molecule has 0 saturated heterocycles. The number of hydrogen-bond donors (Lipinski definition) is 0. The number of Topliss-reactive ketones (excluding diaryl/α,β-unsaturated/α-hetero) is 2. The summed E-state index contributed by atoms with van der Waals surface area (Å²) in [6.45, 7) is 3.57. The molecule has 0 atom stereocenters. The number of benzene rings is 1. The molecule has 1 aromatic rings. The highest BCUT2D eigenvalue weighted by Gasteiger charge is 2.27. The van der Waals surface area contributed by atoms with E-state index in [1.165, 1.54) is 0 Å². The van der Waals surface area contributed by atoms with Crippen molar-refractivity contribution in [3.8, 4) is 0 Å². The van der Waals surface area contributed by atoms with Crippen LogP contribution < -0.4 is 0 Å². The van der Waals surface area contributed by atoms with Gasteiger partial charge < -0.3 is 0 Å². The lowest BCUT2D eigenvalue weighted by Gasteiger charge is -2.16. The Balaban J connectivity index is 2.78. The second-order valence-corrected chi connectivity index (χ2v) is 3.45. The quantitative estimate of drug-likeness (QED) is 0.582. The van der Waals surface area contributed by atoms with Crippen molar-refractivity contribution in [3.63, 3.8) is 0 Å². The predicted octanol–water partition coefficient (Wildman–Crippen LogP) is 2.25. The molecule has 0 bridgehead atoms. The largest absolute Gasteiger partial charge is 0.285 e. The predicted molar refractivity (Wildman–Crippen MR) is 54.0 cm³/mol. The molecule has 1 aliphatic carbocycles. The first-order chi connectivity index (χ1) is 6.63. The SMILES string of the molecule is CC1=C(C)c2ccccc2C(=O)C1=O. The molecule has 0 saturated carbocycles. The molecule has 1 aromatic carbocycles. The lowest BCUT2D eigenvalue weighted by atomic mass is 9.85. The van der Waals surface area contributed by atoms with Gasteiger partial charge in [0.25, 0.3) is 0 Å². The Labute approximate surface area is 82.2 Å². The molecule has 0 radical (unpaired) electrons. The molecule has 1 aliphatic rings. The monoisotopic (exact) mass is 186 g/mol. The summed E-state index contributed by atoms with van der Waals surface area (Å²) in [7, 11) is 0. The standard InChI is InChI=1S/C12H10O2/c1-7-8(2)11(13)12(14)10-6-4-3-5-9(7)10/h3-6H,1-2H3. The molecule has 2 rings (SSSR count). The van der Waals surface area contributed by atoms with Crippen LogP contribution in [0.3, 0.4) is 0 Å². The minimum Gasteiger partial charge on any atom is -0.285 e. The zero-order valence-corrected chi connectivity index (χ0v) is 8.13. The van der Waals surface area contributed by atoms with E-state index in [1.54, 1.807) is 19.1 Å². The van der Waals surface area contributed by atoms with Crippen molar-refractivity contribution in [2.24, 2.45) is 0 Å². The summed E-state index contributed by atoms with van der Waals surface area (Å²) in [6, 6.07) is 7.22. The van der Waals surface area contributed by atoms with E-state index in [1.807, 2.05) is 19.1 Å². The number of carbonyl (C=O) groups is 2. The highest BCUT2D eigenvalue weighted by Crippen LogP contribution is 2.28. The third-order valence-electron chi connectivity index (χ3n) is 2.69. The molecule has 2 nitrogen and oxygen atoms in total. The first kappa shape index (κ1) is 8.88. The van der Waals surface area contributed by atoms with Crippen LogP contribution in [0.1, 0.15) is 29.8 Å². The lowest BCUT2D eigenvalue weighted by molar-refractivity contribution is -0.111. The number of hydrogen-bond acceptors (Lipinski definition) is 2. The second kappa shape index (κ2) is 2.91. The Morgan fingerprint density at radius 3 is 2.00 bits per heavy atom. The van der Waals surface area contributed by atoms with Crippen LogP contribution in [0, 0.1) is 0 Å². The molecule has 0 unspecified atom stereocenters. The van der Waals surface area contributed by atoms with Crippen molar-refractivity contribution in [3.05, 3.63) is 41.0 Å². The van der Waals surface area contributed by atoms with Gasteiger partial charge in [0, 0.05) is 11.1 Å². The van der Waals surface area contributed by atoms with Crippen LogP contribution in [0.15, 0.2) is 29.8 Å². The second-order valence-electron chi connectivity index (χ2n) is 3.45. The van der Waals surface area contributed by atoms with Crippen LogP contribution in [-0.4, -0.2) is 11.6 Å². The van der Waals surface area contributed by atoms with Crippen LogP contribution in [-0.2, 0) is 4.79 Å². The Morgan fingerprint density at radius 2 is 1.36 bits per heavy atom. The Hall–Kier alpha value is -1.70. The van der Waals surface area contributed by atoms with Gasteiger partial charge in [-0.1, -0.05) is 24.3 Å². The third-order valence-corrected chi connectivity index (χ3v) is 2.69. The number of carbonyl (C=O) groups excluding carboxylic acids is 2. The van der Waals surface area contributed by atoms with Crippen LogP contribution in [0.25, 0.3) is 5.57 Å². The fourth-order valence-corrected chi connectivity index (χ4v) is 1.67. The summed E-state index contributed by atoms with van der Waals surface area (Å²) in [6.07, 6.45) is 0. The topological polar surface area (TPSA) is 34.1 Å². The van der Waals surface area contributed by atoms with E-state index in [0.717, 1.165) is 11.1 Å². The molecule has 70 valence electrons. The molecule has 0 amide bonds. The molecule has 0 aromatic heterocycles. The van der Waals surface area contributed by atoms with Gasteiger partial charge in [-0.15, -0.1) is 0 Å². The maximum absolute atomic E-state index is 11.6. The fraction of sp³-hybridized carbons (Fsp3) is 0.167. The zero-order valence-electron chi connectivity index (χ0n) is 8.13. The van der Waals surface area contributed by atoms with Gasteiger partial charge in [0.1, 0.15) is 0 Å². The van der Waals surface area contributed by atoms with E-state index in [-0.39, 0.29) is 11.6 Å². The molecule has 0 spiro atoms. The van der Waals surface area contributed by atoms with Gasteiger partial charge in [-0.25, -0.2) is 0 Å². The first-order valence-corrected chi connectivity index (χ1v) is 4.49. The minimum absolute atomic E-state index is 0.374. The van der Waals surface area contributed by atoms with Gasteiger partial charge in [-0.05, 0) is 25.0 Å². The van der Waals surface area contributed by atoms with Crippen molar-refractivity contribution in [1.82, 2.24) is 0 Å². The Bertz CT molecular complexity index is 467. The third kappa shape index (κ3) is 1.04. The van der Waals surface area contributed by atoms with E-state index in [2.05, 4.69) is 0 Å². The molecule has 0 fully saturated rings. The highest BCUT2D eigenvalue weighted by molar-refractivity contribution is 6.52. The first-order valence-electron chi connectivity index (χ1n) is 4.49. The summed E-state index contributed by atoms with van der Waals surface area (Å²) in [5.74, 6) is -0.759. The van der Waals surface area contributed by atoms with Crippen molar-refractivity contribution >= 4 is 17.1 Å². The Morgan fingerprint density at radius 1 is 0.786 bits per heavy atom. The van der Waals surface area contributed by atoms with E-state index in [0.29, 0.717) is 11.1 Å². The van der Waals surface area contributed by atoms with Gasteiger partial charge in [0.2, 0.25) is 11.6 Å². The van der Waals surface area contributed by atoms with Crippen molar-refractivity contribution in [2.45, 2.75) is 13.8 Å². The average molecular weight is 186 g/mol. The van der Waals surface area contributed by atoms with Crippen LogP contribution in [0.4, 0.5) is 0 Å². The van der Waals surface area contributed by atoms with Crippen molar-refractivity contribution in [2.75, 3.05) is 0 Å². The number of allylic oxidation sites excluding steroid dienone is 2. The lowest BCUT2D eigenvalue weighted by Crippen LogP contribution is -2.21. The fourth-order valence-electron chi connectivity index (χ4n) is 1.67. The molecule has 0 N–H and O–H groups in total. The average Bonchev–Trinajstić information content (AvgIpc) is 2.23. The normalized spacial score (nSPS) is 15.9. The zero-order chi connectivity index (χ0) is 10.3. The van der Waals surface area contributed by atoms with Gasteiger partial charge >= 0.3 is 0 Å². The van der Waals surface area contributed by atoms with Gasteiger partial charge in [0.05, 0.1) is 0 Å². The summed E-state index contributed by atoms with van der Waals surface area (Å²) in [4.78, 5) is 23.1. The number of rotatable bonds is 0. The van der Waals surface area contributed by atoms with Gasteiger partial charge in [0.15, 0.2) is 0 Å². The van der Waals surface area contributed by atoms with E-state index >= 15 is 0 Å². The minimum atomic E-state index is -0.385. The molecular weight excluding hydrogens is 176 g/mol. The van der Waals surface area contributed by atoms with Gasteiger partial charge in [-0.2, -0.15) is 0 Å². The summed E-state index contributed by atoms with van der Waals surface area (Å²) in [5.41, 5.74) is 2.88. The van der Waals surface area contributed by atoms with Crippen molar-refractivity contribution in [1.29, 1.82) is 0 Å². The van der Waals surface area contributed by atoms with Gasteiger partial charge in [-0.3, -0.25) is 9.59 Å². The van der Waals surface area contributed by atoms with E-state index in [9.17, 15) is 9.59 Å². The molecule has 14 heavy (non-hydrogen) atoms. The van der Waals surface area contributed by atoms with Crippen molar-refractivity contribution < 1.29 is 9.59 Å². The maximum atomic E-state index is 11.6. The number of fused-ring (bicyclic) bond motifs is 1.